The van der Waals surface area contributed by atoms with Gasteiger partial charge in [0.15, 0.2) is 5.13 Å². The van der Waals surface area contributed by atoms with Crippen molar-refractivity contribution in [3.63, 3.8) is 0 Å². The van der Waals surface area contributed by atoms with Gasteiger partial charge in [0.25, 0.3) is 5.91 Å². The van der Waals surface area contributed by atoms with Crippen LogP contribution in [0.25, 0.3) is 0 Å². The Morgan fingerprint density at radius 1 is 1.13 bits per heavy atom. The Bertz CT molecular complexity index is 783. The van der Waals surface area contributed by atoms with Crippen LogP contribution >= 0.6 is 11.3 Å². The Labute approximate surface area is 183 Å². The Balaban J connectivity index is 1.66. The van der Waals surface area contributed by atoms with E-state index < -0.39 is 0 Å². The average Bonchev–Trinajstić information content (AvgIpc) is 3.27. The Hall–Kier alpha value is -2.21. The lowest BCUT2D eigenvalue weighted by atomic mass is 9.89. The topological polar surface area (TPSA) is 62.3 Å². The number of thiazole rings is 1. The molecule has 5 nitrogen and oxygen atoms in total. The standard InChI is InChI=1S/C24H33N3O2S/c1-2-3-5-8-19-11-13-21(14-12-19)23(29)27(17-20-9-6-4-7-10-20)18-22(28)26-24-25-15-16-30-24/h11-16,20H,2-10,17-18H2,1H3,(H,25,26,28). The Morgan fingerprint density at radius 2 is 1.90 bits per heavy atom. The molecule has 1 aliphatic carbocycles. The Morgan fingerprint density at radius 3 is 2.57 bits per heavy atom. The number of carbonyl (C=O) groups is 2. The minimum absolute atomic E-state index is 0.0602. The van der Waals surface area contributed by atoms with Gasteiger partial charge in [-0.1, -0.05) is 51.2 Å². The van der Waals surface area contributed by atoms with Crippen molar-refractivity contribution in [2.75, 3.05) is 18.4 Å². The number of anilines is 1. The highest BCUT2D eigenvalue weighted by molar-refractivity contribution is 7.13. The molecule has 0 aliphatic heterocycles. The molecule has 1 aromatic carbocycles. The number of benzene rings is 1. The van der Waals surface area contributed by atoms with Gasteiger partial charge < -0.3 is 10.2 Å². The maximum atomic E-state index is 13.3. The molecule has 0 spiro atoms. The summed E-state index contributed by atoms with van der Waals surface area (Å²) >= 11 is 1.38. The molecule has 30 heavy (non-hydrogen) atoms. The number of rotatable bonds is 10. The summed E-state index contributed by atoms with van der Waals surface area (Å²) in [5, 5.41) is 5.20. The molecule has 6 heteroatoms. The van der Waals surface area contributed by atoms with Gasteiger partial charge in [-0.15, -0.1) is 11.3 Å². The molecule has 0 radical (unpaired) electrons. The minimum atomic E-state index is -0.190. The van der Waals surface area contributed by atoms with Crippen LogP contribution in [0, 0.1) is 5.92 Å². The zero-order valence-corrected chi connectivity index (χ0v) is 18.8. The van der Waals surface area contributed by atoms with Gasteiger partial charge in [-0.05, 0) is 49.3 Å². The highest BCUT2D eigenvalue weighted by atomic mass is 32.1. The number of hydrogen-bond donors (Lipinski definition) is 1. The maximum absolute atomic E-state index is 13.3. The van der Waals surface area contributed by atoms with Crippen LogP contribution in [0.15, 0.2) is 35.8 Å². The van der Waals surface area contributed by atoms with Crippen molar-refractivity contribution in [2.24, 2.45) is 5.92 Å². The zero-order chi connectivity index (χ0) is 21.2. The first-order valence-corrected chi connectivity index (χ1v) is 12.1. The van der Waals surface area contributed by atoms with Crippen LogP contribution in [0.2, 0.25) is 0 Å². The summed E-state index contributed by atoms with van der Waals surface area (Å²) in [7, 11) is 0. The number of unbranched alkanes of at least 4 members (excludes halogenated alkanes) is 2. The molecule has 1 heterocycles. The van der Waals surface area contributed by atoms with E-state index in [0.717, 1.165) is 19.3 Å². The zero-order valence-electron chi connectivity index (χ0n) is 17.9. The van der Waals surface area contributed by atoms with Gasteiger partial charge >= 0.3 is 0 Å². The van der Waals surface area contributed by atoms with Crippen LogP contribution in [0.3, 0.4) is 0 Å². The van der Waals surface area contributed by atoms with Gasteiger partial charge in [0, 0.05) is 23.7 Å². The van der Waals surface area contributed by atoms with E-state index in [1.54, 1.807) is 11.1 Å². The molecule has 1 N–H and O–H groups in total. The van der Waals surface area contributed by atoms with Crippen molar-refractivity contribution >= 4 is 28.3 Å². The van der Waals surface area contributed by atoms with Crippen molar-refractivity contribution in [1.82, 2.24) is 9.88 Å². The first-order valence-electron chi connectivity index (χ1n) is 11.2. The summed E-state index contributed by atoms with van der Waals surface area (Å²) in [4.78, 5) is 31.7. The van der Waals surface area contributed by atoms with Gasteiger partial charge in [0.2, 0.25) is 5.91 Å². The third-order valence-corrected chi connectivity index (χ3v) is 6.46. The molecule has 0 saturated heterocycles. The molecule has 1 fully saturated rings. The fraction of sp³-hybridized carbons (Fsp3) is 0.542. The van der Waals surface area contributed by atoms with E-state index in [2.05, 4.69) is 29.4 Å². The van der Waals surface area contributed by atoms with E-state index in [-0.39, 0.29) is 18.4 Å². The molecule has 162 valence electrons. The smallest absolute Gasteiger partial charge is 0.254 e. The molecule has 1 saturated carbocycles. The molecule has 1 aromatic heterocycles. The van der Waals surface area contributed by atoms with Crippen molar-refractivity contribution in [3.8, 4) is 0 Å². The third kappa shape index (κ3) is 6.94. The molecule has 0 unspecified atom stereocenters. The summed E-state index contributed by atoms with van der Waals surface area (Å²) in [5.41, 5.74) is 1.92. The number of amides is 2. The van der Waals surface area contributed by atoms with Crippen molar-refractivity contribution in [3.05, 3.63) is 47.0 Å². The van der Waals surface area contributed by atoms with Crippen LogP contribution < -0.4 is 5.32 Å². The van der Waals surface area contributed by atoms with Gasteiger partial charge in [0.05, 0.1) is 0 Å². The first kappa shape index (κ1) is 22.5. The lowest BCUT2D eigenvalue weighted by molar-refractivity contribution is -0.117. The van der Waals surface area contributed by atoms with Gasteiger partial charge in [0.1, 0.15) is 6.54 Å². The van der Waals surface area contributed by atoms with Gasteiger partial charge in [-0.2, -0.15) is 0 Å². The van der Waals surface area contributed by atoms with Crippen molar-refractivity contribution < 1.29 is 9.59 Å². The van der Waals surface area contributed by atoms with Crippen molar-refractivity contribution in [1.29, 1.82) is 0 Å². The number of nitrogens with one attached hydrogen (secondary N) is 1. The highest BCUT2D eigenvalue weighted by Crippen LogP contribution is 2.25. The molecule has 2 amide bonds. The third-order valence-electron chi connectivity index (χ3n) is 5.77. The first-order chi connectivity index (χ1) is 14.7. The maximum Gasteiger partial charge on any atom is 0.254 e. The largest absolute Gasteiger partial charge is 0.329 e. The minimum Gasteiger partial charge on any atom is -0.329 e. The second-order valence-electron chi connectivity index (χ2n) is 8.23. The monoisotopic (exact) mass is 427 g/mol. The molecule has 1 aliphatic rings. The summed E-state index contributed by atoms with van der Waals surface area (Å²) < 4.78 is 0. The fourth-order valence-corrected chi connectivity index (χ4v) is 4.64. The summed E-state index contributed by atoms with van der Waals surface area (Å²) in [5.74, 6) is 0.226. The average molecular weight is 428 g/mol. The molecule has 2 aromatic rings. The van der Waals surface area contributed by atoms with Crippen LogP contribution in [0.1, 0.15) is 74.2 Å². The SMILES string of the molecule is CCCCCc1ccc(C(=O)N(CC(=O)Nc2nccs2)CC2CCCCC2)cc1. The highest BCUT2D eigenvalue weighted by Gasteiger charge is 2.24. The summed E-state index contributed by atoms with van der Waals surface area (Å²) in [6.45, 7) is 2.91. The number of aromatic nitrogens is 1. The van der Waals surface area contributed by atoms with E-state index in [9.17, 15) is 9.59 Å². The Kier molecular flexibility index (Phi) is 8.87. The van der Waals surface area contributed by atoms with E-state index in [1.807, 2.05) is 17.5 Å². The molecular formula is C24H33N3O2S. The quantitative estimate of drug-likeness (QED) is 0.507. The predicted octanol–water partition coefficient (Wildman–Crippen LogP) is 5.54. The number of nitrogens with zero attached hydrogens (tertiary/aromatic N) is 2. The van der Waals surface area contributed by atoms with E-state index in [4.69, 9.17) is 0 Å². The van der Waals surface area contributed by atoms with Crippen molar-refractivity contribution in [2.45, 2.75) is 64.7 Å². The molecule has 0 atom stereocenters. The lowest BCUT2D eigenvalue weighted by Crippen LogP contribution is -2.41. The van der Waals surface area contributed by atoms with E-state index >= 15 is 0 Å². The second-order valence-corrected chi connectivity index (χ2v) is 9.12. The molecule has 3 rings (SSSR count). The second kappa shape index (κ2) is 11.8. The number of hydrogen-bond acceptors (Lipinski definition) is 4. The van der Waals surface area contributed by atoms with E-state index in [1.165, 1.54) is 55.4 Å². The van der Waals surface area contributed by atoms with E-state index in [0.29, 0.717) is 23.2 Å². The van der Waals surface area contributed by atoms with Crippen LogP contribution in [-0.2, 0) is 11.2 Å². The van der Waals surface area contributed by atoms with Gasteiger partial charge in [-0.25, -0.2) is 4.98 Å². The number of carbonyl (C=O) groups excluding carboxylic acids is 2. The molecular weight excluding hydrogens is 394 g/mol. The fourth-order valence-electron chi connectivity index (χ4n) is 4.09. The normalized spacial score (nSPS) is 14.4. The van der Waals surface area contributed by atoms with Crippen LogP contribution in [-0.4, -0.2) is 34.8 Å². The lowest BCUT2D eigenvalue weighted by Gasteiger charge is -2.29. The predicted molar refractivity (Wildman–Crippen MR) is 123 cm³/mol. The van der Waals surface area contributed by atoms with Crippen LogP contribution in [0.4, 0.5) is 5.13 Å². The summed E-state index contributed by atoms with van der Waals surface area (Å²) in [6.07, 6.45) is 12.3. The number of aryl methyl sites for hydroxylation is 1. The van der Waals surface area contributed by atoms with Gasteiger partial charge in [-0.3, -0.25) is 9.59 Å². The summed E-state index contributed by atoms with van der Waals surface area (Å²) in [6, 6.07) is 7.93. The molecule has 0 bridgehead atoms. The van der Waals surface area contributed by atoms with Crippen LogP contribution in [0.5, 0.6) is 0 Å².